The zero-order valence-corrected chi connectivity index (χ0v) is 10.7. The lowest BCUT2D eigenvalue weighted by molar-refractivity contribution is 0.0954. The van der Waals surface area contributed by atoms with Crippen molar-refractivity contribution in [2.24, 2.45) is 0 Å². The zero-order chi connectivity index (χ0) is 13.1. The van der Waals surface area contributed by atoms with Crippen LogP contribution in [0.4, 0.5) is 0 Å². The molecule has 0 aliphatic rings. The van der Waals surface area contributed by atoms with E-state index in [2.05, 4.69) is 25.6 Å². The summed E-state index contributed by atoms with van der Waals surface area (Å²) in [5, 5.41) is 15.7. The van der Waals surface area contributed by atoms with Crippen molar-refractivity contribution in [2.45, 2.75) is 6.42 Å². The number of carbonyl (C=O) groups excluding carboxylic acids is 1. The number of nitrogens with one attached hydrogen (secondary N) is 1. The number of pyridine rings is 1. The molecule has 7 nitrogen and oxygen atoms in total. The Morgan fingerprint density at radius 2 is 2.21 bits per heavy atom. The Hall–Kier alpha value is -2.35. The number of aromatic nitrogens is 5. The van der Waals surface area contributed by atoms with Crippen LogP contribution in [0.3, 0.4) is 0 Å². The topological polar surface area (TPSA) is 85.1 Å². The third-order valence-corrected chi connectivity index (χ3v) is 3.47. The van der Waals surface area contributed by atoms with Crippen molar-refractivity contribution in [1.82, 2.24) is 30.1 Å². The van der Waals surface area contributed by atoms with E-state index in [-0.39, 0.29) is 5.91 Å². The second-order valence-electron chi connectivity index (χ2n) is 3.80. The second-order valence-corrected chi connectivity index (χ2v) is 4.84. The summed E-state index contributed by atoms with van der Waals surface area (Å²) in [6.45, 7) is 0.533. The summed E-state index contributed by atoms with van der Waals surface area (Å²) in [6, 6.07) is 3.36. The molecule has 0 aliphatic heterocycles. The molecule has 0 saturated carbocycles. The van der Waals surface area contributed by atoms with Crippen molar-refractivity contribution in [1.29, 1.82) is 0 Å². The summed E-state index contributed by atoms with van der Waals surface area (Å²) in [7, 11) is 0. The van der Waals surface area contributed by atoms with E-state index in [4.69, 9.17) is 0 Å². The molecule has 0 bridgehead atoms. The standard InChI is InChI=1S/C11H10N6OS/c18-10(8-1-4-12-5-2-8)13-6-3-9-16-17-7-14-15-11(17)19-9/h1-2,4-5,7H,3,6H2,(H,13,18). The van der Waals surface area contributed by atoms with Crippen molar-refractivity contribution < 1.29 is 4.79 Å². The normalized spacial score (nSPS) is 10.7. The van der Waals surface area contributed by atoms with Gasteiger partial charge in [0, 0.05) is 30.9 Å². The molecule has 0 aromatic carbocycles. The number of hydrogen-bond acceptors (Lipinski definition) is 6. The predicted octanol–water partition coefficient (Wildman–Crippen LogP) is 0.553. The number of rotatable bonds is 4. The van der Waals surface area contributed by atoms with E-state index >= 15 is 0 Å². The SMILES string of the molecule is O=C(NCCc1nn2cnnc2s1)c1ccncc1. The lowest BCUT2D eigenvalue weighted by Gasteiger charge is -2.02. The minimum absolute atomic E-state index is 0.106. The molecular formula is C11H10N6OS. The molecule has 0 spiro atoms. The zero-order valence-electron chi connectivity index (χ0n) is 9.85. The van der Waals surface area contributed by atoms with Gasteiger partial charge >= 0.3 is 0 Å². The van der Waals surface area contributed by atoms with Gasteiger partial charge in [0.1, 0.15) is 11.3 Å². The van der Waals surface area contributed by atoms with Gasteiger partial charge in [-0.25, -0.2) is 0 Å². The molecule has 96 valence electrons. The largest absolute Gasteiger partial charge is 0.352 e. The maximum Gasteiger partial charge on any atom is 0.251 e. The molecule has 3 aromatic rings. The fraction of sp³-hybridized carbons (Fsp3) is 0.182. The van der Waals surface area contributed by atoms with Crippen LogP contribution in [0.5, 0.6) is 0 Å². The van der Waals surface area contributed by atoms with Crippen LogP contribution in [0, 0.1) is 0 Å². The van der Waals surface area contributed by atoms with E-state index in [1.165, 1.54) is 11.3 Å². The monoisotopic (exact) mass is 274 g/mol. The van der Waals surface area contributed by atoms with Gasteiger partial charge in [-0.1, -0.05) is 11.3 Å². The highest BCUT2D eigenvalue weighted by atomic mass is 32.1. The van der Waals surface area contributed by atoms with Gasteiger partial charge in [0.15, 0.2) is 0 Å². The molecule has 0 fully saturated rings. The smallest absolute Gasteiger partial charge is 0.251 e. The van der Waals surface area contributed by atoms with Crippen LogP contribution in [0.25, 0.3) is 4.96 Å². The molecule has 0 atom stereocenters. The second kappa shape index (κ2) is 5.11. The number of hydrogen-bond donors (Lipinski definition) is 1. The van der Waals surface area contributed by atoms with Crippen molar-refractivity contribution in [3.8, 4) is 0 Å². The number of carbonyl (C=O) groups is 1. The van der Waals surface area contributed by atoms with Gasteiger partial charge in [0.2, 0.25) is 4.96 Å². The first-order valence-electron chi connectivity index (χ1n) is 5.67. The van der Waals surface area contributed by atoms with Crippen molar-refractivity contribution in [3.63, 3.8) is 0 Å². The van der Waals surface area contributed by atoms with Gasteiger partial charge in [-0.2, -0.15) is 9.61 Å². The van der Waals surface area contributed by atoms with E-state index in [0.29, 0.717) is 18.5 Å². The molecule has 3 rings (SSSR count). The predicted molar refractivity (Wildman–Crippen MR) is 68.9 cm³/mol. The first-order chi connectivity index (χ1) is 9.33. The molecule has 0 saturated heterocycles. The minimum Gasteiger partial charge on any atom is -0.352 e. The Balaban J connectivity index is 1.56. The lowest BCUT2D eigenvalue weighted by Crippen LogP contribution is -2.25. The maximum atomic E-state index is 11.8. The van der Waals surface area contributed by atoms with Gasteiger partial charge in [-0.05, 0) is 12.1 Å². The molecule has 0 unspecified atom stereocenters. The van der Waals surface area contributed by atoms with Gasteiger partial charge < -0.3 is 5.32 Å². The third kappa shape index (κ3) is 2.58. The van der Waals surface area contributed by atoms with E-state index in [9.17, 15) is 4.79 Å². The molecule has 8 heteroatoms. The Kier molecular flexibility index (Phi) is 3.15. The van der Waals surface area contributed by atoms with Crippen molar-refractivity contribution in [3.05, 3.63) is 41.4 Å². The average Bonchev–Trinajstić information content (AvgIpc) is 3.00. The van der Waals surface area contributed by atoms with Crippen LogP contribution in [-0.4, -0.2) is 37.2 Å². The minimum atomic E-state index is -0.106. The van der Waals surface area contributed by atoms with Crippen molar-refractivity contribution in [2.75, 3.05) is 6.54 Å². The summed E-state index contributed by atoms with van der Waals surface area (Å²) in [5.74, 6) is -0.106. The van der Waals surface area contributed by atoms with Gasteiger partial charge in [0.25, 0.3) is 5.91 Å². The Bertz CT molecular complexity index is 663. The van der Waals surface area contributed by atoms with E-state index in [1.807, 2.05) is 0 Å². The summed E-state index contributed by atoms with van der Waals surface area (Å²) in [4.78, 5) is 16.4. The number of nitrogens with zero attached hydrogens (tertiary/aromatic N) is 5. The molecule has 0 radical (unpaired) electrons. The summed E-state index contributed by atoms with van der Waals surface area (Å²) < 4.78 is 1.63. The summed E-state index contributed by atoms with van der Waals surface area (Å²) in [6.07, 6.45) is 5.42. The summed E-state index contributed by atoms with van der Waals surface area (Å²) >= 11 is 1.47. The first-order valence-corrected chi connectivity index (χ1v) is 6.48. The van der Waals surface area contributed by atoms with Gasteiger partial charge in [-0.3, -0.25) is 9.78 Å². The molecule has 1 amide bonds. The van der Waals surface area contributed by atoms with Crippen LogP contribution < -0.4 is 5.32 Å². The van der Waals surface area contributed by atoms with Crippen LogP contribution in [0.2, 0.25) is 0 Å². The molecule has 0 aliphatic carbocycles. The van der Waals surface area contributed by atoms with Crippen LogP contribution >= 0.6 is 11.3 Å². The van der Waals surface area contributed by atoms with Crippen LogP contribution in [0.1, 0.15) is 15.4 Å². The highest BCUT2D eigenvalue weighted by molar-refractivity contribution is 7.16. The lowest BCUT2D eigenvalue weighted by atomic mass is 10.2. The molecular weight excluding hydrogens is 264 g/mol. The number of fused-ring (bicyclic) bond motifs is 1. The Morgan fingerprint density at radius 3 is 3.00 bits per heavy atom. The number of amides is 1. The van der Waals surface area contributed by atoms with Gasteiger partial charge in [0.05, 0.1) is 0 Å². The Morgan fingerprint density at radius 1 is 1.37 bits per heavy atom. The molecule has 3 heterocycles. The molecule has 3 aromatic heterocycles. The quantitative estimate of drug-likeness (QED) is 0.751. The van der Waals surface area contributed by atoms with Crippen LogP contribution in [-0.2, 0) is 6.42 Å². The van der Waals surface area contributed by atoms with E-state index in [0.717, 1.165) is 9.97 Å². The highest BCUT2D eigenvalue weighted by Crippen LogP contribution is 2.11. The van der Waals surface area contributed by atoms with Crippen LogP contribution in [0.15, 0.2) is 30.9 Å². The molecule has 19 heavy (non-hydrogen) atoms. The molecule has 1 N–H and O–H groups in total. The third-order valence-electron chi connectivity index (χ3n) is 2.50. The highest BCUT2D eigenvalue weighted by Gasteiger charge is 2.07. The van der Waals surface area contributed by atoms with Crippen molar-refractivity contribution >= 4 is 22.2 Å². The van der Waals surface area contributed by atoms with E-state index in [1.54, 1.807) is 35.4 Å². The van der Waals surface area contributed by atoms with E-state index < -0.39 is 0 Å². The first kappa shape index (κ1) is 11.7. The summed E-state index contributed by atoms with van der Waals surface area (Å²) in [5.41, 5.74) is 0.605. The fourth-order valence-corrected chi connectivity index (χ4v) is 2.40. The maximum absolute atomic E-state index is 11.8. The fourth-order valence-electron chi connectivity index (χ4n) is 1.59. The van der Waals surface area contributed by atoms with Gasteiger partial charge in [-0.15, -0.1) is 10.2 Å². The average molecular weight is 274 g/mol. The Labute approximate surface area is 112 Å².